The van der Waals surface area contributed by atoms with E-state index in [0.29, 0.717) is 5.56 Å². The van der Waals surface area contributed by atoms with Gasteiger partial charge >= 0.3 is 0 Å². The number of nitro benzene ring substituents is 1. The van der Waals surface area contributed by atoms with Gasteiger partial charge in [-0.05, 0) is 25.1 Å². The maximum absolute atomic E-state index is 13.6. The minimum absolute atomic E-state index is 0.222. The number of non-ortho nitro benzene ring substituents is 1. The lowest BCUT2D eigenvalue weighted by Crippen LogP contribution is -2.21. The largest absolute Gasteiger partial charge is 0.483 e. The number of nitrogens with one attached hydrogen (secondary N) is 1. The van der Waals surface area contributed by atoms with Crippen molar-refractivity contribution in [3.63, 3.8) is 0 Å². The van der Waals surface area contributed by atoms with Crippen molar-refractivity contribution in [1.29, 1.82) is 0 Å². The van der Waals surface area contributed by atoms with Gasteiger partial charge in [-0.1, -0.05) is 12.1 Å². The molecule has 1 N–H and O–H groups in total. The Kier molecular flexibility index (Phi) is 5.20. The fraction of sp³-hybridized carbons (Fsp3) is 0.125. The van der Waals surface area contributed by atoms with E-state index in [4.69, 9.17) is 4.74 Å². The number of amides is 1. The number of ketones is 1. The van der Waals surface area contributed by atoms with Crippen molar-refractivity contribution < 1.29 is 23.6 Å². The Balaban J connectivity index is 2.06. The molecule has 0 unspecified atom stereocenters. The highest BCUT2D eigenvalue weighted by atomic mass is 19.1. The van der Waals surface area contributed by atoms with Gasteiger partial charge in [0.1, 0.15) is 11.6 Å². The number of ether oxygens (including phenoxy) is 1. The van der Waals surface area contributed by atoms with E-state index in [9.17, 15) is 24.1 Å². The molecule has 2 aromatic carbocycles. The SMILES string of the molecule is CC(=O)c1ccccc1OCC(=O)Nc1cc([N+](=O)[O-])ccc1F. The van der Waals surface area contributed by atoms with Crippen molar-refractivity contribution >= 4 is 23.1 Å². The summed E-state index contributed by atoms with van der Waals surface area (Å²) >= 11 is 0. The summed E-state index contributed by atoms with van der Waals surface area (Å²) < 4.78 is 18.9. The number of para-hydroxylation sites is 1. The molecule has 124 valence electrons. The van der Waals surface area contributed by atoms with Crippen LogP contribution in [0.3, 0.4) is 0 Å². The number of Topliss-reactive ketones (excluding diaryl/α,β-unsaturated/α-hetero) is 1. The maximum atomic E-state index is 13.6. The molecule has 24 heavy (non-hydrogen) atoms. The molecule has 0 saturated heterocycles. The minimum Gasteiger partial charge on any atom is -0.483 e. The number of hydrogen-bond donors (Lipinski definition) is 1. The van der Waals surface area contributed by atoms with Crippen molar-refractivity contribution in [2.24, 2.45) is 0 Å². The molecule has 1 amide bonds. The number of anilines is 1. The van der Waals surface area contributed by atoms with Crippen LogP contribution in [-0.2, 0) is 4.79 Å². The number of nitro groups is 1. The minimum atomic E-state index is -0.807. The van der Waals surface area contributed by atoms with Gasteiger partial charge in [-0.2, -0.15) is 0 Å². The molecule has 0 radical (unpaired) electrons. The lowest BCUT2D eigenvalue weighted by Gasteiger charge is -2.10. The van der Waals surface area contributed by atoms with Gasteiger partial charge in [-0.25, -0.2) is 4.39 Å². The van der Waals surface area contributed by atoms with Gasteiger partial charge in [0.2, 0.25) is 0 Å². The van der Waals surface area contributed by atoms with E-state index in [1.54, 1.807) is 18.2 Å². The molecule has 0 aromatic heterocycles. The molecule has 0 heterocycles. The van der Waals surface area contributed by atoms with Gasteiger partial charge in [0.25, 0.3) is 11.6 Å². The first-order valence-electron chi connectivity index (χ1n) is 6.85. The second kappa shape index (κ2) is 7.32. The summed E-state index contributed by atoms with van der Waals surface area (Å²) in [6.45, 7) is 0.882. The molecule has 0 aliphatic carbocycles. The quantitative estimate of drug-likeness (QED) is 0.498. The average Bonchev–Trinajstić information content (AvgIpc) is 2.55. The lowest BCUT2D eigenvalue weighted by molar-refractivity contribution is -0.384. The van der Waals surface area contributed by atoms with Crippen LogP contribution in [0.15, 0.2) is 42.5 Å². The van der Waals surface area contributed by atoms with Crippen LogP contribution in [0.25, 0.3) is 0 Å². The van der Waals surface area contributed by atoms with Gasteiger partial charge in [-0.3, -0.25) is 19.7 Å². The van der Waals surface area contributed by atoms with E-state index in [2.05, 4.69) is 5.32 Å². The summed E-state index contributed by atoms with van der Waals surface area (Å²) in [5.41, 5.74) is -0.362. The second-order valence-corrected chi connectivity index (χ2v) is 4.81. The van der Waals surface area contributed by atoms with Crippen LogP contribution >= 0.6 is 0 Å². The van der Waals surface area contributed by atoms with Crippen molar-refractivity contribution in [3.8, 4) is 5.75 Å². The molecule has 0 fully saturated rings. The zero-order valence-electron chi connectivity index (χ0n) is 12.6. The van der Waals surface area contributed by atoms with Crippen molar-refractivity contribution in [2.75, 3.05) is 11.9 Å². The van der Waals surface area contributed by atoms with Crippen LogP contribution < -0.4 is 10.1 Å². The van der Waals surface area contributed by atoms with Crippen LogP contribution in [0.1, 0.15) is 17.3 Å². The molecular formula is C16H13FN2O5. The summed E-state index contributed by atoms with van der Waals surface area (Å²) in [7, 11) is 0. The number of carbonyl (C=O) groups is 2. The molecule has 0 aliphatic rings. The van der Waals surface area contributed by atoms with Gasteiger partial charge in [0, 0.05) is 12.1 Å². The van der Waals surface area contributed by atoms with Gasteiger partial charge < -0.3 is 10.1 Å². The number of benzene rings is 2. The first-order chi connectivity index (χ1) is 11.4. The maximum Gasteiger partial charge on any atom is 0.271 e. The Morgan fingerprint density at radius 3 is 2.62 bits per heavy atom. The average molecular weight is 332 g/mol. The van der Waals surface area contributed by atoms with Crippen LogP contribution in [0.2, 0.25) is 0 Å². The molecule has 7 nitrogen and oxygen atoms in total. The molecule has 8 heteroatoms. The molecular weight excluding hydrogens is 319 g/mol. The number of rotatable bonds is 6. The standard InChI is InChI=1S/C16H13FN2O5/c1-10(20)12-4-2-3-5-15(12)24-9-16(21)18-14-8-11(19(22)23)6-7-13(14)17/h2-8H,9H2,1H3,(H,18,21). The van der Waals surface area contributed by atoms with E-state index in [0.717, 1.165) is 18.2 Å². The topological polar surface area (TPSA) is 98.5 Å². The van der Waals surface area contributed by atoms with Crippen molar-refractivity contribution in [3.05, 3.63) is 64.0 Å². The normalized spacial score (nSPS) is 10.1. The fourth-order valence-electron chi connectivity index (χ4n) is 1.94. The first kappa shape index (κ1) is 17.1. The lowest BCUT2D eigenvalue weighted by atomic mass is 10.1. The zero-order valence-corrected chi connectivity index (χ0v) is 12.6. The predicted molar refractivity (Wildman–Crippen MR) is 83.6 cm³/mol. The zero-order chi connectivity index (χ0) is 17.7. The van der Waals surface area contributed by atoms with E-state index in [1.165, 1.54) is 13.0 Å². The van der Waals surface area contributed by atoms with E-state index >= 15 is 0 Å². The highest BCUT2D eigenvalue weighted by Crippen LogP contribution is 2.22. The van der Waals surface area contributed by atoms with Crippen molar-refractivity contribution in [1.82, 2.24) is 0 Å². The third-order valence-electron chi connectivity index (χ3n) is 3.06. The van der Waals surface area contributed by atoms with Crippen molar-refractivity contribution in [2.45, 2.75) is 6.92 Å². The molecule has 0 atom stereocenters. The van der Waals surface area contributed by atoms with Crippen LogP contribution in [0.5, 0.6) is 5.75 Å². The predicted octanol–water partition coefficient (Wildman–Crippen LogP) is 2.95. The summed E-state index contributed by atoms with van der Waals surface area (Å²) in [4.78, 5) is 33.3. The third kappa shape index (κ3) is 4.13. The van der Waals surface area contributed by atoms with Crippen LogP contribution in [0.4, 0.5) is 15.8 Å². The number of nitrogens with zero attached hydrogens (tertiary/aromatic N) is 1. The Morgan fingerprint density at radius 1 is 1.25 bits per heavy atom. The Bertz CT molecular complexity index is 807. The van der Waals surface area contributed by atoms with E-state index < -0.39 is 23.3 Å². The molecule has 0 aliphatic heterocycles. The van der Waals surface area contributed by atoms with Crippen LogP contribution in [0, 0.1) is 15.9 Å². The Labute approximate surface area is 136 Å². The van der Waals surface area contributed by atoms with Gasteiger partial charge in [0.15, 0.2) is 12.4 Å². The first-order valence-corrected chi connectivity index (χ1v) is 6.85. The van der Waals surface area contributed by atoms with Crippen LogP contribution in [-0.4, -0.2) is 23.2 Å². The summed E-state index contributed by atoms with van der Waals surface area (Å²) in [6.07, 6.45) is 0. The smallest absolute Gasteiger partial charge is 0.271 e. The van der Waals surface area contributed by atoms with E-state index in [1.807, 2.05) is 0 Å². The Hall–Kier alpha value is -3.29. The molecule has 2 aromatic rings. The highest BCUT2D eigenvalue weighted by Gasteiger charge is 2.14. The fourth-order valence-corrected chi connectivity index (χ4v) is 1.94. The Morgan fingerprint density at radius 2 is 1.96 bits per heavy atom. The summed E-state index contributed by atoms with van der Waals surface area (Å²) in [5, 5.41) is 12.9. The number of halogens is 1. The molecule has 0 saturated carbocycles. The second-order valence-electron chi connectivity index (χ2n) is 4.81. The molecule has 0 bridgehead atoms. The van der Waals surface area contributed by atoms with Gasteiger partial charge in [0.05, 0.1) is 16.2 Å². The third-order valence-corrected chi connectivity index (χ3v) is 3.06. The number of hydrogen-bond acceptors (Lipinski definition) is 5. The molecule has 0 spiro atoms. The highest BCUT2D eigenvalue weighted by molar-refractivity contribution is 5.97. The number of carbonyl (C=O) groups excluding carboxylic acids is 2. The van der Waals surface area contributed by atoms with Gasteiger partial charge in [-0.15, -0.1) is 0 Å². The summed E-state index contributed by atoms with van der Waals surface area (Å²) in [5.74, 6) is -1.53. The van der Waals surface area contributed by atoms with E-state index in [-0.39, 0.29) is 22.9 Å². The summed E-state index contributed by atoms with van der Waals surface area (Å²) in [6, 6.07) is 9.16. The monoisotopic (exact) mass is 332 g/mol. The molecule has 2 rings (SSSR count).